The van der Waals surface area contributed by atoms with Crippen LogP contribution in [-0.2, 0) is 14.8 Å². The smallest absolute Gasteiger partial charge is 0.311 e. The van der Waals surface area contributed by atoms with Crippen LogP contribution >= 0.6 is 0 Å². The number of carboxylic acids is 1. The number of sulfonamides is 1. The van der Waals surface area contributed by atoms with Crippen LogP contribution in [0.3, 0.4) is 0 Å². The van der Waals surface area contributed by atoms with Crippen molar-refractivity contribution in [1.82, 2.24) is 0 Å². The van der Waals surface area contributed by atoms with Crippen LogP contribution in [-0.4, -0.2) is 26.0 Å². The molecule has 21 heavy (non-hydrogen) atoms. The highest BCUT2D eigenvalue weighted by molar-refractivity contribution is 7.89. The number of rotatable bonds is 5. The first kappa shape index (κ1) is 15.8. The first-order valence-electron chi connectivity index (χ1n) is 6.94. The minimum Gasteiger partial charge on any atom is -0.481 e. The lowest BCUT2D eigenvalue weighted by molar-refractivity contribution is -0.150. The molecule has 1 aliphatic carbocycles. The molecule has 0 amide bonds. The molecule has 6 nitrogen and oxygen atoms in total. The minimum absolute atomic E-state index is 0.0404. The Balaban J connectivity index is 2.06. The van der Waals surface area contributed by atoms with Crippen molar-refractivity contribution in [2.45, 2.75) is 37.0 Å². The van der Waals surface area contributed by atoms with Gasteiger partial charge >= 0.3 is 5.97 Å². The lowest BCUT2D eigenvalue weighted by atomic mass is 9.74. The van der Waals surface area contributed by atoms with Gasteiger partial charge in [0.05, 0.1) is 10.3 Å². The maximum Gasteiger partial charge on any atom is 0.311 e. The molecule has 0 atom stereocenters. The zero-order valence-electron chi connectivity index (χ0n) is 11.7. The molecule has 2 rings (SSSR count). The molecule has 1 fully saturated rings. The van der Waals surface area contributed by atoms with Crippen LogP contribution in [0, 0.1) is 5.41 Å². The Kier molecular flexibility index (Phi) is 4.53. The fourth-order valence-corrected chi connectivity index (χ4v) is 3.24. The Morgan fingerprint density at radius 2 is 1.76 bits per heavy atom. The van der Waals surface area contributed by atoms with Crippen molar-refractivity contribution >= 4 is 21.7 Å². The first-order chi connectivity index (χ1) is 9.83. The number of benzene rings is 1. The Hall–Kier alpha value is -1.60. The highest BCUT2D eigenvalue weighted by Gasteiger charge is 2.39. The Labute approximate surface area is 124 Å². The van der Waals surface area contributed by atoms with E-state index >= 15 is 0 Å². The van der Waals surface area contributed by atoms with Crippen LogP contribution in [0.15, 0.2) is 29.2 Å². The highest BCUT2D eigenvalue weighted by atomic mass is 32.2. The molecule has 0 aromatic heterocycles. The first-order valence-corrected chi connectivity index (χ1v) is 8.48. The third kappa shape index (κ3) is 3.74. The molecule has 0 unspecified atom stereocenters. The number of carboxylic acid groups (broad SMARTS) is 1. The summed E-state index contributed by atoms with van der Waals surface area (Å²) in [4.78, 5) is 11.6. The number of primary sulfonamides is 1. The van der Waals surface area contributed by atoms with Gasteiger partial charge in [0.15, 0.2) is 0 Å². The Bertz CT molecular complexity index is 604. The van der Waals surface area contributed by atoms with E-state index in [1.165, 1.54) is 12.1 Å². The summed E-state index contributed by atoms with van der Waals surface area (Å²) in [6, 6.07) is 6.01. The van der Waals surface area contributed by atoms with E-state index in [0.29, 0.717) is 25.1 Å². The van der Waals surface area contributed by atoms with E-state index in [4.69, 9.17) is 5.14 Å². The van der Waals surface area contributed by atoms with E-state index in [-0.39, 0.29) is 4.90 Å². The molecule has 0 heterocycles. The number of nitrogens with one attached hydrogen (secondary N) is 1. The molecule has 0 radical (unpaired) electrons. The quantitative estimate of drug-likeness (QED) is 0.767. The lowest BCUT2D eigenvalue weighted by Gasteiger charge is -2.33. The van der Waals surface area contributed by atoms with Crippen molar-refractivity contribution in [1.29, 1.82) is 0 Å². The van der Waals surface area contributed by atoms with Crippen molar-refractivity contribution in [2.75, 3.05) is 11.9 Å². The van der Waals surface area contributed by atoms with Gasteiger partial charge < -0.3 is 10.4 Å². The molecule has 0 spiro atoms. The third-order valence-electron chi connectivity index (χ3n) is 4.08. The maximum absolute atomic E-state index is 11.5. The topological polar surface area (TPSA) is 109 Å². The van der Waals surface area contributed by atoms with Gasteiger partial charge in [0, 0.05) is 12.2 Å². The largest absolute Gasteiger partial charge is 0.481 e. The summed E-state index contributed by atoms with van der Waals surface area (Å²) in [6.45, 7) is 0.344. The molecule has 1 aliphatic rings. The highest BCUT2D eigenvalue weighted by Crippen LogP contribution is 2.36. The van der Waals surface area contributed by atoms with E-state index in [0.717, 1.165) is 19.3 Å². The van der Waals surface area contributed by atoms with Gasteiger partial charge in [-0.3, -0.25) is 4.79 Å². The van der Waals surface area contributed by atoms with Crippen molar-refractivity contribution in [3.8, 4) is 0 Å². The molecule has 1 saturated carbocycles. The number of hydrogen-bond acceptors (Lipinski definition) is 4. The average molecular weight is 312 g/mol. The number of aliphatic carboxylic acids is 1. The van der Waals surface area contributed by atoms with Crippen LogP contribution in [0.2, 0.25) is 0 Å². The van der Waals surface area contributed by atoms with Crippen molar-refractivity contribution in [2.24, 2.45) is 10.6 Å². The van der Waals surface area contributed by atoms with Gasteiger partial charge in [-0.2, -0.15) is 0 Å². The van der Waals surface area contributed by atoms with Crippen molar-refractivity contribution in [3.05, 3.63) is 24.3 Å². The molecule has 0 saturated heterocycles. The second-order valence-electron chi connectivity index (χ2n) is 5.57. The van der Waals surface area contributed by atoms with Crippen LogP contribution in [0.1, 0.15) is 32.1 Å². The molecular weight excluding hydrogens is 292 g/mol. The fourth-order valence-electron chi connectivity index (χ4n) is 2.73. The molecule has 0 aliphatic heterocycles. The fraction of sp³-hybridized carbons (Fsp3) is 0.500. The van der Waals surface area contributed by atoms with Gasteiger partial charge in [0.1, 0.15) is 0 Å². The molecule has 1 aromatic carbocycles. The summed E-state index contributed by atoms with van der Waals surface area (Å²) in [5.41, 5.74) is -0.0368. The van der Waals surface area contributed by atoms with Gasteiger partial charge in [-0.1, -0.05) is 19.3 Å². The number of nitrogens with two attached hydrogens (primary N) is 1. The number of carbonyl (C=O) groups is 1. The van der Waals surface area contributed by atoms with E-state index in [1.807, 2.05) is 0 Å². The average Bonchev–Trinajstić information content (AvgIpc) is 2.45. The lowest BCUT2D eigenvalue weighted by Crippen LogP contribution is -2.39. The summed E-state index contributed by atoms with van der Waals surface area (Å²) in [5.74, 6) is -0.768. The predicted octanol–water partition coefficient (Wildman–Crippen LogP) is 1.78. The maximum atomic E-state index is 11.5. The van der Waals surface area contributed by atoms with E-state index < -0.39 is 21.4 Å². The van der Waals surface area contributed by atoms with E-state index in [9.17, 15) is 18.3 Å². The van der Waals surface area contributed by atoms with Gasteiger partial charge in [-0.05, 0) is 37.1 Å². The normalized spacial score (nSPS) is 18.1. The standard InChI is InChI=1S/C14H20N2O4S/c15-21(19,20)12-6-4-11(5-7-12)16-10-14(13(17)18)8-2-1-3-9-14/h4-7,16H,1-3,8-10H2,(H,17,18)(H2,15,19,20). The molecule has 116 valence electrons. The monoisotopic (exact) mass is 312 g/mol. The second-order valence-corrected chi connectivity index (χ2v) is 7.13. The van der Waals surface area contributed by atoms with Crippen LogP contribution in [0.4, 0.5) is 5.69 Å². The van der Waals surface area contributed by atoms with Crippen molar-refractivity contribution < 1.29 is 18.3 Å². The summed E-state index contributed by atoms with van der Waals surface area (Å²) >= 11 is 0. The summed E-state index contributed by atoms with van der Waals surface area (Å²) in [6.07, 6.45) is 4.28. The van der Waals surface area contributed by atoms with Gasteiger partial charge in [-0.25, -0.2) is 13.6 Å². The third-order valence-corrected chi connectivity index (χ3v) is 5.01. The van der Waals surface area contributed by atoms with Gasteiger partial charge in [0.25, 0.3) is 0 Å². The SMILES string of the molecule is NS(=O)(=O)c1ccc(NCC2(C(=O)O)CCCCC2)cc1. The van der Waals surface area contributed by atoms with Gasteiger partial charge in [0.2, 0.25) is 10.0 Å². The number of anilines is 1. The van der Waals surface area contributed by atoms with Crippen LogP contribution < -0.4 is 10.5 Å². The minimum atomic E-state index is -3.70. The predicted molar refractivity (Wildman–Crippen MR) is 79.5 cm³/mol. The Morgan fingerprint density at radius 1 is 1.19 bits per heavy atom. The van der Waals surface area contributed by atoms with Crippen molar-refractivity contribution in [3.63, 3.8) is 0 Å². The molecule has 4 N–H and O–H groups in total. The van der Waals surface area contributed by atoms with E-state index in [2.05, 4.69) is 5.32 Å². The Morgan fingerprint density at radius 3 is 2.24 bits per heavy atom. The summed E-state index contributed by atoms with van der Waals surface area (Å²) < 4.78 is 22.3. The molecular formula is C14H20N2O4S. The van der Waals surface area contributed by atoms with Crippen LogP contribution in [0.25, 0.3) is 0 Å². The second kappa shape index (κ2) is 6.03. The zero-order chi connectivity index (χ0) is 15.5. The van der Waals surface area contributed by atoms with Crippen LogP contribution in [0.5, 0.6) is 0 Å². The molecule has 0 bridgehead atoms. The number of hydrogen-bond donors (Lipinski definition) is 3. The molecule has 1 aromatic rings. The van der Waals surface area contributed by atoms with Gasteiger partial charge in [-0.15, -0.1) is 0 Å². The summed E-state index contributed by atoms with van der Waals surface area (Å²) in [7, 11) is -3.70. The summed E-state index contributed by atoms with van der Waals surface area (Å²) in [5, 5.41) is 17.6. The molecule has 7 heteroatoms. The van der Waals surface area contributed by atoms with E-state index in [1.54, 1.807) is 12.1 Å². The zero-order valence-corrected chi connectivity index (χ0v) is 12.5.